The van der Waals surface area contributed by atoms with E-state index in [0.29, 0.717) is 20.6 Å². The molecule has 2 aromatic rings. The fourth-order valence-corrected chi connectivity index (χ4v) is 2.19. The number of hydrogen-bond acceptors (Lipinski definition) is 5. The number of carbonyl (C=O) groups excluding carboxylic acids is 1. The monoisotopic (exact) mass is 360 g/mol. The maximum absolute atomic E-state index is 11.2. The Kier molecular flexibility index (Phi) is 3.36. The number of phenolic OH excluding ortho intramolecular Hbond substituents is 1. The van der Waals surface area contributed by atoms with E-state index in [0.717, 1.165) is 0 Å². The Morgan fingerprint density at radius 2 is 2.22 bits per heavy atom. The Balaban J connectivity index is 2.62. The van der Waals surface area contributed by atoms with Gasteiger partial charge in [0.1, 0.15) is 5.69 Å². The highest BCUT2D eigenvalue weighted by atomic mass is 127. The van der Waals surface area contributed by atoms with Crippen molar-refractivity contribution in [3.63, 3.8) is 0 Å². The first kappa shape index (κ1) is 12.6. The summed E-state index contributed by atoms with van der Waals surface area (Å²) in [6.07, 6.45) is 0. The molecule has 0 aliphatic rings. The zero-order chi connectivity index (χ0) is 13.3. The van der Waals surface area contributed by atoms with E-state index in [1.54, 1.807) is 12.1 Å². The number of benzene rings is 1. The summed E-state index contributed by atoms with van der Waals surface area (Å²) < 4.78 is 5.49. The van der Waals surface area contributed by atoms with Crippen LogP contribution >= 0.6 is 22.6 Å². The van der Waals surface area contributed by atoms with Crippen molar-refractivity contribution in [2.45, 2.75) is 0 Å². The van der Waals surface area contributed by atoms with Gasteiger partial charge in [0.05, 0.1) is 10.7 Å². The standard InChI is InChI=1S/C10H9IN4O3/c1-18-5-3-2-4(6(11)9(5)16)7-8(10(12)17)14-15-13-7/h2-3,16H,1H3,(H2,12,17)(H,13,14,15). The van der Waals surface area contributed by atoms with Gasteiger partial charge in [0, 0.05) is 5.56 Å². The van der Waals surface area contributed by atoms with E-state index in [2.05, 4.69) is 15.4 Å². The third-order valence-electron chi connectivity index (χ3n) is 2.34. The van der Waals surface area contributed by atoms with E-state index in [1.807, 2.05) is 22.6 Å². The molecule has 0 aliphatic carbocycles. The number of H-pyrrole nitrogens is 1. The van der Waals surface area contributed by atoms with Crippen LogP contribution in [0.25, 0.3) is 11.3 Å². The average Bonchev–Trinajstić information content (AvgIpc) is 2.81. The van der Waals surface area contributed by atoms with Gasteiger partial charge >= 0.3 is 0 Å². The predicted octanol–water partition coefficient (Wildman–Crippen LogP) is 0.889. The molecule has 0 radical (unpaired) electrons. The van der Waals surface area contributed by atoms with E-state index in [4.69, 9.17) is 10.5 Å². The highest BCUT2D eigenvalue weighted by Crippen LogP contribution is 2.37. The number of rotatable bonds is 3. The molecule has 0 bridgehead atoms. The lowest BCUT2D eigenvalue weighted by molar-refractivity contribution is 0.0996. The third-order valence-corrected chi connectivity index (χ3v) is 3.43. The molecule has 1 heterocycles. The minimum Gasteiger partial charge on any atom is -0.504 e. The number of ether oxygens (including phenoxy) is 1. The molecule has 4 N–H and O–H groups in total. The molecule has 0 unspecified atom stereocenters. The van der Waals surface area contributed by atoms with Crippen LogP contribution in [-0.2, 0) is 0 Å². The Hall–Kier alpha value is -1.84. The Labute approximate surface area is 115 Å². The first-order valence-electron chi connectivity index (χ1n) is 4.82. The van der Waals surface area contributed by atoms with E-state index in [-0.39, 0.29) is 11.4 Å². The van der Waals surface area contributed by atoms with Gasteiger partial charge in [0.15, 0.2) is 17.2 Å². The van der Waals surface area contributed by atoms with E-state index < -0.39 is 5.91 Å². The molecule has 0 spiro atoms. The smallest absolute Gasteiger partial charge is 0.271 e. The van der Waals surface area contributed by atoms with Crippen molar-refractivity contribution in [2.75, 3.05) is 7.11 Å². The largest absolute Gasteiger partial charge is 0.504 e. The lowest BCUT2D eigenvalue weighted by Crippen LogP contribution is -2.13. The highest BCUT2D eigenvalue weighted by molar-refractivity contribution is 14.1. The number of methoxy groups -OCH3 is 1. The van der Waals surface area contributed by atoms with Gasteiger partial charge in [-0.15, -0.1) is 0 Å². The number of amides is 1. The molecule has 0 atom stereocenters. The number of hydrogen-bond donors (Lipinski definition) is 3. The molecule has 94 valence electrons. The number of nitrogens with zero attached hydrogens (tertiary/aromatic N) is 2. The topological polar surface area (TPSA) is 114 Å². The number of carbonyl (C=O) groups is 1. The van der Waals surface area contributed by atoms with Crippen LogP contribution in [0.5, 0.6) is 11.5 Å². The van der Waals surface area contributed by atoms with Crippen molar-refractivity contribution < 1.29 is 14.6 Å². The lowest BCUT2D eigenvalue weighted by Gasteiger charge is -2.08. The van der Waals surface area contributed by atoms with Gasteiger partial charge in [-0.3, -0.25) is 4.79 Å². The predicted molar refractivity (Wildman–Crippen MR) is 71.3 cm³/mol. The van der Waals surface area contributed by atoms with Crippen LogP contribution in [0.15, 0.2) is 12.1 Å². The minimum absolute atomic E-state index is 0.0194. The zero-order valence-electron chi connectivity index (χ0n) is 9.27. The van der Waals surface area contributed by atoms with Crippen molar-refractivity contribution in [1.82, 2.24) is 15.4 Å². The number of aromatic nitrogens is 3. The van der Waals surface area contributed by atoms with Crippen LogP contribution in [0.1, 0.15) is 10.5 Å². The Morgan fingerprint density at radius 1 is 1.50 bits per heavy atom. The molecule has 0 saturated heterocycles. The Morgan fingerprint density at radius 3 is 2.83 bits per heavy atom. The molecule has 1 amide bonds. The third kappa shape index (κ3) is 1.98. The number of aromatic hydroxyl groups is 1. The summed E-state index contributed by atoms with van der Waals surface area (Å²) in [7, 11) is 1.45. The first-order chi connectivity index (χ1) is 8.56. The normalized spacial score (nSPS) is 10.3. The summed E-state index contributed by atoms with van der Waals surface area (Å²) >= 11 is 1.93. The summed E-state index contributed by atoms with van der Waals surface area (Å²) in [5.74, 6) is -0.369. The van der Waals surface area contributed by atoms with Gasteiger partial charge in [-0.1, -0.05) is 0 Å². The maximum atomic E-state index is 11.2. The SMILES string of the molecule is COc1ccc(-c2n[nH]nc2C(N)=O)c(I)c1O. The van der Waals surface area contributed by atoms with Crippen molar-refractivity contribution in [1.29, 1.82) is 0 Å². The number of phenols is 1. The van der Waals surface area contributed by atoms with Gasteiger partial charge in [-0.2, -0.15) is 15.4 Å². The van der Waals surface area contributed by atoms with Crippen LogP contribution in [0.4, 0.5) is 0 Å². The van der Waals surface area contributed by atoms with Crippen LogP contribution in [0, 0.1) is 3.57 Å². The van der Waals surface area contributed by atoms with Gasteiger partial charge < -0.3 is 15.6 Å². The molecule has 2 rings (SSSR count). The Bertz CT molecular complexity index is 611. The van der Waals surface area contributed by atoms with Crippen LogP contribution in [0.2, 0.25) is 0 Å². The zero-order valence-corrected chi connectivity index (χ0v) is 11.4. The van der Waals surface area contributed by atoms with E-state index in [1.165, 1.54) is 7.11 Å². The summed E-state index contributed by atoms with van der Waals surface area (Å²) in [4.78, 5) is 11.2. The van der Waals surface area contributed by atoms with Crippen molar-refractivity contribution >= 4 is 28.5 Å². The molecule has 18 heavy (non-hydrogen) atoms. The first-order valence-corrected chi connectivity index (χ1v) is 5.90. The van der Waals surface area contributed by atoms with Crippen molar-refractivity contribution in [3.05, 3.63) is 21.4 Å². The quantitative estimate of drug-likeness (QED) is 0.704. The summed E-state index contributed by atoms with van der Waals surface area (Å²) in [5.41, 5.74) is 6.06. The average molecular weight is 360 g/mol. The van der Waals surface area contributed by atoms with Gasteiger partial charge in [0.2, 0.25) is 0 Å². The van der Waals surface area contributed by atoms with Gasteiger partial charge in [-0.05, 0) is 34.7 Å². The molecule has 0 fully saturated rings. The molecule has 0 aliphatic heterocycles. The maximum Gasteiger partial charge on any atom is 0.271 e. The lowest BCUT2D eigenvalue weighted by atomic mass is 10.1. The number of nitrogens with one attached hydrogen (secondary N) is 1. The summed E-state index contributed by atoms with van der Waals surface area (Å²) in [5, 5.41) is 19.8. The number of primary amides is 1. The summed E-state index contributed by atoms with van der Waals surface area (Å²) in [6, 6.07) is 3.25. The van der Waals surface area contributed by atoms with Crippen molar-refractivity contribution in [3.8, 4) is 22.8 Å². The molecular weight excluding hydrogens is 351 g/mol. The number of halogens is 1. The van der Waals surface area contributed by atoms with Gasteiger partial charge in [0.25, 0.3) is 5.91 Å². The second kappa shape index (κ2) is 4.80. The second-order valence-corrected chi connectivity index (χ2v) is 4.44. The molecule has 1 aromatic carbocycles. The fraction of sp³-hybridized carbons (Fsp3) is 0.100. The molecule has 7 nitrogen and oxygen atoms in total. The summed E-state index contributed by atoms with van der Waals surface area (Å²) in [6.45, 7) is 0. The fourth-order valence-electron chi connectivity index (χ4n) is 1.48. The highest BCUT2D eigenvalue weighted by Gasteiger charge is 2.20. The number of nitrogens with two attached hydrogens (primary N) is 1. The van der Waals surface area contributed by atoms with Crippen molar-refractivity contribution in [2.24, 2.45) is 5.73 Å². The number of aromatic amines is 1. The van der Waals surface area contributed by atoms with Crippen LogP contribution < -0.4 is 10.5 Å². The van der Waals surface area contributed by atoms with Crippen LogP contribution in [-0.4, -0.2) is 33.5 Å². The second-order valence-electron chi connectivity index (χ2n) is 3.36. The van der Waals surface area contributed by atoms with Gasteiger partial charge in [-0.25, -0.2) is 0 Å². The van der Waals surface area contributed by atoms with Crippen LogP contribution in [0.3, 0.4) is 0 Å². The van der Waals surface area contributed by atoms with E-state index >= 15 is 0 Å². The molecule has 8 heteroatoms. The minimum atomic E-state index is -0.690. The van der Waals surface area contributed by atoms with E-state index in [9.17, 15) is 9.90 Å². The molecular formula is C10H9IN4O3. The molecule has 1 aromatic heterocycles. The molecule has 0 saturated carbocycles.